The fourth-order valence-corrected chi connectivity index (χ4v) is 4.93. The lowest BCUT2D eigenvalue weighted by Gasteiger charge is -2.36. The van der Waals surface area contributed by atoms with Crippen molar-refractivity contribution in [1.82, 2.24) is 4.98 Å². The van der Waals surface area contributed by atoms with Gasteiger partial charge in [-0.3, -0.25) is 4.79 Å². The van der Waals surface area contributed by atoms with E-state index in [4.69, 9.17) is 9.16 Å². The number of hydrogen-bond donors (Lipinski definition) is 1. The van der Waals surface area contributed by atoms with Gasteiger partial charge < -0.3 is 14.3 Å². The second-order valence-corrected chi connectivity index (χ2v) is 15.2. The molecule has 1 atom stereocenters. The number of benzene rings is 2. The molecule has 0 aliphatic carbocycles. The molecule has 3 aromatic rings. The van der Waals surface area contributed by atoms with Crippen LogP contribution in [-0.4, -0.2) is 31.0 Å². The predicted octanol–water partition coefficient (Wildman–Crippen LogP) is 6.38. The Kier molecular flexibility index (Phi) is 7.77. The third-order valence-corrected chi connectivity index (χ3v) is 11.3. The van der Waals surface area contributed by atoms with Crippen molar-refractivity contribution < 1.29 is 19.1 Å². The van der Waals surface area contributed by atoms with E-state index in [0.717, 1.165) is 27.4 Å². The first kappa shape index (κ1) is 25.1. The van der Waals surface area contributed by atoms with Gasteiger partial charge in [0.1, 0.15) is 16.9 Å². The van der Waals surface area contributed by atoms with Gasteiger partial charge in [-0.25, -0.2) is 4.98 Å². The van der Waals surface area contributed by atoms with E-state index in [1.807, 2.05) is 53.9 Å². The lowest BCUT2D eigenvalue weighted by molar-refractivity contribution is -0.142. The van der Waals surface area contributed by atoms with Gasteiger partial charge in [0.05, 0.1) is 18.7 Å². The molecule has 1 heterocycles. The summed E-state index contributed by atoms with van der Waals surface area (Å²) in [5.41, 5.74) is 3.24. The molecule has 0 amide bonds. The normalized spacial score (nSPS) is 12.9. The number of aliphatic hydroxyl groups excluding tert-OH is 1. The number of hydrogen-bond acceptors (Lipinski definition) is 6. The van der Waals surface area contributed by atoms with E-state index in [2.05, 4.69) is 38.8 Å². The highest BCUT2D eigenvalue weighted by atomic mass is 32.1. The second kappa shape index (κ2) is 10.2. The Morgan fingerprint density at radius 3 is 2.45 bits per heavy atom. The molecule has 176 valence electrons. The molecule has 0 spiro atoms. The number of aromatic nitrogens is 1. The van der Waals surface area contributed by atoms with Crippen LogP contribution in [0.4, 0.5) is 0 Å². The van der Waals surface area contributed by atoms with Crippen molar-refractivity contribution in [3.63, 3.8) is 0 Å². The van der Waals surface area contributed by atoms with Crippen LogP contribution < -0.4 is 4.43 Å². The Bertz CT molecular complexity index is 1090. The quantitative estimate of drug-likeness (QED) is 0.297. The van der Waals surface area contributed by atoms with Gasteiger partial charge in [0.15, 0.2) is 0 Å². The van der Waals surface area contributed by atoms with Crippen molar-refractivity contribution in [3.05, 3.63) is 70.7 Å². The number of nitrogens with zero attached hydrogens (tertiary/aromatic N) is 1. The van der Waals surface area contributed by atoms with E-state index in [1.165, 1.54) is 11.3 Å². The van der Waals surface area contributed by atoms with Gasteiger partial charge in [-0.2, -0.15) is 0 Å². The Hall–Kier alpha value is -2.48. The predicted molar refractivity (Wildman–Crippen MR) is 136 cm³/mol. The molecule has 3 rings (SSSR count). The number of carbonyl (C=O) groups excluding carboxylic acids is 1. The van der Waals surface area contributed by atoms with Gasteiger partial charge in [0.25, 0.3) is 0 Å². The van der Waals surface area contributed by atoms with Crippen LogP contribution in [0, 0.1) is 0 Å². The molecule has 0 saturated heterocycles. The molecule has 0 bridgehead atoms. The Balaban J connectivity index is 1.73. The van der Waals surface area contributed by atoms with E-state index >= 15 is 0 Å². The molecule has 0 aliphatic heterocycles. The van der Waals surface area contributed by atoms with Crippen LogP contribution in [0.3, 0.4) is 0 Å². The summed E-state index contributed by atoms with van der Waals surface area (Å²) < 4.78 is 11.4. The highest BCUT2D eigenvalue weighted by molar-refractivity contribution is 7.13. The lowest BCUT2D eigenvalue weighted by atomic mass is 10.0. The summed E-state index contributed by atoms with van der Waals surface area (Å²) >= 11 is 1.49. The monoisotopic (exact) mass is 483 g/mol. The summed E-state index contributed by atoms with van der Waals surface area (Å²) in [7, 11) is -1.96. The van der Waals surface area contributed by atoms with Crippen LogP contribution in [0.25, 0.3) is 10.6 Å². The Labute approximate surface area is 201 Å². The average Bonchev–Trinajstić information content (AvgIpc) is 3.21. The number of esters is 1. The van der Waals surface area contributed by atoms with Gasteiger partial charge in [-0.1, -0.05) is 57.2 Å². The average molecular weight is 484 g/mol. The molecule has 0 aliphatic rings. The lowest BCUT2D eigenvalue weighted by Crippen LogP contribution is -2.43. The summed E-state index contributed by atoms with van der Waals surface area (Å²) in [6, 6.07) is 15.4. The van der Waals surface area contributed by atoms with Gasteiger partial charge in [0.2, 0.25) is 8.32 Å². The smallest absolute Gasteiger partial charge is 0.311 e. The van der Waals surface area contributed by atoms with Crippen molar-refractivity contribution in [2.75, 3.05) is 6.61 Å². The molecule has 7 heteroatoms. The molecule has 1 N–H and O–H groups in total. The van der Waals surface area contributed by atoms with Crippen LogP contribution in [0.2, 0.25) is 18.1 Å². The highest BCUT2D eigenvalue weighted by Crippen LogP contribution is 2.38. The van der Waals surface area contributed by atoms with Gasteiger partial charge in [0, 0.05) is 10.9 Å². The zero-order chi connectivity index (χ0) is 24.2. The van der Waals surface area contributed by atoms with E-state index < -0.39 is 14.4 Å². The summed E-state index contributed by atoms with van der Waals surface area (Å²) in [5.74, 6) is 0.527. The molecular weight excluding hydrogens is 450 g/mol. The minimum absolute atomic E-state index is 0.101. The number of rotatable bonds is 8. The van der Waals surface area contributed by atoms with Crippen LogP contribution in [0.1, 0.15) is 50.6 Å². The third-order valence-electron chi connectivity index (χ3n) is 6.01. The minimum Gasteiger partial charge on any atom is -0.543 e. The summed E-state index contributed by atoms with van der Waals surface area (Å²) in [6.45, 7) is 13.2. The second-order valence-electron chi connectivity index (χ2n) is 9.59. The van der Waals surface area contributed by atoms with Crippen LogP contribution in [0.15, 0.2) is 53.9 Å². The number of aliphatic hydroxyl groups is 1. The molecule has 5 nitrogen and oxygen atoms in total. The first-order chi connectivity index (χ1) is 15.5. The standard InChI is InChI=1S/C26H33NO4SSi/c1-7-30-23(28)16-21-17-32-25(27-21)19-13-11-18(12-14-19)24(29)20-9-8-10-22(15-20)31-33(5,6)26(2,3)4/h8-15,17,24,29H,7,16H2,1-6H3. The molecule has 0 saturated carbocycles. The number of carbonyl (C=O) groups is 1. The van der Waals surface area contributed by atoms with Crippen molar-refractivity contribution >= 4 is 25.6 Å². The molecule has 1 aromatic heterocycles. The fraction of sp³-hybridized carbons (Fsp3) is 0.385. The zero-order valence-corrected chi connectivity index (χ0v) is 22.0. The van der Waals surface area contributed by atoms with Crippen molar-refractivity contribution in [1.29, 1.82) is 0 Å². The van der Waals surface area contributed by atoms with Crippen LogP contribution >= 0.6 is 11.3 Å². The molecule has 1 unspecified atom stereocenters. The minimum atomic E-state index is -1.96. The first-order valence-electron chi connectivity index (χ1n) is 11.2. The fourth-order valence-electron chi connectivity index (χ4n) is 3.08. The molecule has 33 heavy (non-hydrogen) atoms. The zero-order valence-electron chi connectivity index (χ0n) is 20.2. The van der Waals surface area contributed by atoms with Gasteiger partial charge in [-0.15, -0.1) is 11.3 Å². The van der Waals surface area contributed by atoms with Crippen LogP contribution in [-0.2, 0) is 16.0 Å². The maximum atomic E-state index is 11.7. The number of ether oxygens (including phenoxy) is 1. The SMILES string of the molecule is CCOC(=O)Cc1csc(-c2ccc(C(O)c3cccc(O[Si](C)(C)C(C)(C)C)c3)cc2)n1. The van der Waals surface area contributed by atoms with E-state index in [1.54, 1.807) is 6.92 Å². The van der Waals surface area contributed by atoms with Crippen molar-refractivity contribution in [2.24, 2.45) is 0 Å². The molecule has 0 fully saturated rings. The Morgan fingerprint density at radius 1 is 1.12 bits per heavy atom. The van der Waals surface area contributed by atoms with E-state index in [-0.39, 0.29) is 17.4 Å². The molecule has 0 radical (unpaired) electrons. The van der Waals surface area contributed by atoms with Crippen LogP contribution in [0.5, 0.6) is 5.75 Å². The topological polar surface area (TPSA) is 68.7 Å². The Morgan fingerprint density at radius 2 is 1.82 bits per heavy atom. The van der Waals surface area contributed by atoms with Gasteiger partial charge in [-0.05, 0) is 48.3 Å². The first-order valence-corrected chi connectivity index (χ1v) is 15.0. The number of thiazole rings is 1. The van der Waals surface area contributed by atoms with Gasteiger partial charge >= 0.3 is 5.97 Å². The van der Waals surface area contributed by atoms with Crippen molar-refractivity contribution in [2.45, 2.75) is 58.4 Å². The molecule has 2 aromatic carbocycles. The maximum absolute atomic E-state index is 11.7. The largest absolute Gasteiger partial charge is 0.543 e. The summed E-state index contributed by atoms with van der Waals surface area (Å²) in [6.07, 6.45) is -0.577. The highest BCUT2D eigenvalue weighted by Gasteiger charge is 2.39. The third kappa shape index (κ3) is 6.31. The molecular formula is C26H33NO4SSi. The van der Waals surface area contributed by atoms with Crippen molar-refractivity contribution in [3.8, 4) is 16.3 Å². The summed E-state index contributed by atoms with van der Waals surface area (Å²) in [5, 5.41) is 13.8. The van der Waals surface area contributed by atoms with E-state index in [0.29, 0.717) is 12.3 Å². The summed E-state index contributed by atoms with van der Waals surface area (Å²) in [4.78, 5) is 16.2. The maximum Gasteiger partial charge on any atom is 0.311 e. The van der Waals surface area contributed by atoms with E-state index in [9.17, 15) is 9.90 Å².